The Morgan fingerprint density at radius 3 is 2.80 bits per heavy atom. The quantitative estimate of drug-likeness (QED) is 0.614. The molecular weight excluding hydrogens is 196 g/mol. The van der Waals surface area contributed by atoms with Crippen LogP contribution in [-0.4, -0.2) is 48.1 Å². The van der Waals surface area contributed by atoms with Crippen molar-refractivity contribution in [2.24, 2.45) is 5.92 Å². The van der Waals surface area contributed by atoms with Crippen LogP contribution in [0.5, 0.6) is 0 Å². The van der Waals surface area contributed by atoms with Crippen molar-refractivity contribution in [3.05, 3.63) is 12.7 Å². The molecule has 15 heavy (non-hydrogen) atoms. The number of amides is 1. The largest absolute Gasteiger partial charge is 0.480 e. The average molecular weight is 212 g/mol. The standard InChI is InChI=1S/C10H16N2O3/c1-2-5-12(7-9(13)14)10(15)8-3-4-11-6-8/h2,8,11H,1,3-7H2,(H,13,14). The fraction of sp³-hybridized carbons (Fsp3) is 0.600. The predicted molar refractivity (Wildman–Crippen MR) is 55.4 cm³/mol. The molecule has 84 valence electrons. The van der Waals surface area contributed by atoms with Gasteiger partial charge in [-0.25, -0.2) is 0 Å². The molecular formula is C10H16N2O3. The van der Waals surface area contributed by atoms with E-state index in [0.29, 0.717) is 13.1 Å². The molecule has 0 aromatic rings. The summed E-state index contributed by atoms with van der Waals surface area (Å²) in [7, 11) is 0. The smallest absolute Gasteiger partial charge is 0.323 e. The highest BCUT2D eigenvalue weighted by atomic mass is 16.4. The zero-order valence-corrected chi connectivity index (χ0v) is 8.61. The maximum Gasteiger partial charge on any atom is 0.323 e. The molecule has 2 N–H and O–H groups in total. The van der Waals surface area contributed by atoms with E-state index in [4.69, 9.17) is 5.11 Å². The second kappa shape index (κ2) is 5.50. The molecule has 1 aliphatic rings. The van der Waals surface area contributed by atoms with Crippen molar-refractivity contribution in [2.75, 3.05) is 26.2 Å². The van der Waals surface area contributed by atoms with Gasteiger partial charge in [-0.3, -0.25) is 9.59 Å². The summed E-state index contributed by atoms with van der Waals surface area (Å²) < 4.78 is 0. The fourth-order valence-electron chi connectivity index (χ4n) is 1.68. The Morgan fingerprint density at radius 2 is 2.33 bits per heavy atom. The molecule has 0 bridgehead atoms. The summed E-state index contributed by atoms with van der Waals surface area (Å²) in [5.41, 5.74) is 0. The number of carbonyl (C=O) groups excluding carboxylic acids is 1. The van der Waals surface area contributed by atoms with Crippen molar-refractivity contribution in [2.45, 2.75) is 6.42 Å². The third-order valence-corrected chi connectivity index (χ3v) is 2.40. The molecule has 0 saturated carbocycles. The molecule has 1 saturated heterocycles. The van der Waals surface area contributed by atoms with E-state index in [1.54, 1.807) is 6.08 Å². The fourth-order valence-corrected chi connectivity index (χ4v) is 1.68. The van der Waals surface area contributed by atoms with Crippen LogP contribution in [0.4, 0.5) is 0 Å². The van der Waals surface area contributed by atoms with Gasteiger partial charge in [-0.15, -0.1) is 6.58 Å². The second-order valence-electron chi connectivity index (χ2n) is 3.59. The van der Waals surface area contributed by atoms with Crippen LogP contribution in [0.3, 0.4) is 0 Å². The van der Waals surface area contributed by atoms with Gasteiger partial charge in [0.1, 0.15) is 6.54 Å². The SMILES string of the molecule is C=CCN(CC(=O)O)C(=O)C1CCNC1. The topological polar surface area (TPSA) is 69.6 Å². The van der Waals surface area contributed by atoms with E-state index in [-0.39, 0.29) is 18.4 Å². The highest BCUT2D eigenvalue weighted by molar-refractivity contribution is 5.83. The molecule has 1 aliphatic heterocycles. The Labute approximate surface area is 88.8 Å². The number of carboxylic acid groups (broad SMARTS) is 1. The first-order chi connectivity index (χ1) is 7.15. The van der Waals surface area contributed by atoms with E-state index < -0.39 is 5.97 Å². The highest BCUT2D eigenvalue weighted by Gasteiger charge is 2.27. The molecule has 0 aromatic carbocycles. The zero-order chi connectivity index (χ0) is 11.3. The van der Waals surface area contributed by atoms with Crippen molar-refractivity contribution < 1.29 is 14.7 Å². The monoisotopic (exact) mass is 212 g/mol. The van der Waals surface area contributed by atoms with Gasteiger partial charge >= 0.3 is 5.97 Å². The van der Waals surface area contributed by atoms with Gasteiger partial charge in [-0.05, 0) is 13.0 Å². The third-order valence-electron chi connectivity index (χ3n) is 2.40. The lowest BCUT2D eigenvalue weighted by molar-refractivity contribution is -0.145. The number of rotatable bonds is 5. The molecule has 0 aliphatic carbocycles. The summed E-state index contributed by atoms with van der Waals surface area (Å²) in [6, 6.07) is 0. The summed E-state index contributed by atoms with van der Waals surface area (Å²) in [6.07, 6.45) is 2.33. The summed E-state index contributed by atoms with van der Waals surface area (Å²) in [4.78, 5) is 23.7. The molecule has 5 nitrogen and oxygen atoms in total. The molecule has 0 spiro atoms. The molecule has 1 atom stereocenters. The minimum atomic E-state index is -0.990. The summed E-state index contributed by atoms with van der Waals surface area (Å²) >= 11 is 0. The average Bonchev–Trinajstić information content (AvgIpc) is 2.68. The first-order valence-corrected chi connectivity index (χ1v) is 4.97. The van der Waals surface area contributed by atoms with Crippen LogP contribution in [-0.2, 0) is 9.59 Å². The Balaban J connectivity index is 2.56. The molecule has 0 aromatic heterocycles. The van der Waals surface area contributed by atoms with Crippen molar-refractivity contribution in [3.8, 4) is 0 Å². The Kier molecular flexibility index (Phi) is 4.30. The number of hydrogen-bond acceptors (Lipinski definition) is 3. The van der Waals surface area contributed by atoms with E-state index in [0.717, 1.165) is 13.0 Å². The molecule has 5 heteroatoms. The minimum absolute atomic E-state index is 0.0794. The number of carboxylic acids is 1. The summed E-state index contributed by atoms with van der Waals surface area (Å²) in [5.74, 6) is -1.16. The van der Waals surface area contributed by atoms with E-state index in [9.17, 15) is 9.59 Å². The molecule has 0 radical (unpaired) electrons. The van der Waals surface area contributed by atoms with Crippen molar-refractivity contribution >= 4 is 11.9 Å². The first kappa shape index (κ1) is 11.7. The Morgan fingerprint density at radius 1 is 1.60 bits per heavy atom. The van der Waals surface area contributed by atoms with Gasteiger partial charge in [0.2, 0.25) is 5.91 Å². The van der Waals surface area contributed by atoms with Gasteiger partial charge in [0.05, 0.1) is 5.92 Å². The number of carbonyl (C=O) groups is 2. The molecule has 1 unspecified atom stereocenters. The van der Waals surface area contributed by atoms with E-state index in [1.165, 1.54) is 4.90 Å². The summed E-state index contributed by atoms with van der Waals surface area (Å²) in [6.45, 7) is 5.03. The van der Waals surface area contributed by atoms with Crippen LogP contribution in [0.15, 0.2) is 12.7 Å². The van der Waals surface area contributed by atoms with Crippen molar-refractivity contribution in [3.63, 3.8) is 0 Å². The van der Waals surface area contributed by atoms with Crippen LogP contribution in [0, 0.1) is 5.92 Å². The van der Waals surface area contributed by atoms with Gasteiger partial charge in [0, 0.05) is 13.1 Å². The van der Waals surface area contributed by atoms with Crippen molar-refractivity contribution in [1.29, 1.82) is 0 Å². The van der Waals surface area contributed by atoms with Crippen LogP contribution < -0.4 is 5.32 Å². The predicted octanol–water partition coefficient (Wildman–Crippen LogP) is -0.305. The lowest BCUT2D eigenvalue weighted by Crippen LogP contribution is -2.40. The lowest BCUT2D eigenvalue weighted by Gasteiger charge is -2.21. The Hall–Kier alpha value is -1.36. The highest BCUT2D eigenvalue weighted by Crippen LogP contribution is 2.11. The van der Waals surface area contributed by atoms with Gasteiger partial charge < -0.3 is 15.3 Å². The van der Waals surface area contributed by atoms with Gasteiger partial charge in [0.15, 0.2) is 0 Å². The molecule has 1 amide bonds. The van der Waals surface area contributed by atoms with Crippen molar-refractivity contribution in [1.82, 2.24) is 10.2 Å². The first-order valence-electron chi connectivity index (χ1n) is 4.97. The molecule has 1 rings (SSSR count). The lowest BCUT2D eigenvalue weighted by atomic mass is 10.1. The second-order valence-corrected chi connectivity index (χ2v) is 3.59. The Bertz CT molecular complexity index is 259. The van der Waals surface area contributed by atoms with Crippen LogP contribution in [0.2, 0.25) is 0 Å². The minimum Gasteiger partial charge on any atom is -0.480 e. The summed E-state index contributed by atoms with van der Waals surface area (Å²) in [5, 5.41) is 11.7. The zero-order valence-electron chi connectivity index (χ0n) is 8.61. The molecule has 1 fully saturated rings. The maximum atomic E-state index is 11.8. The van der Waals surface area contributed by atoms with Gasteiger partial charge in [-0.1, -0.05) is 6.08 Å². The van der Waals surface area contributed by atoms with Crippen LogP contribution in [0.25, 0.3) is 0 Å². The van der Waals surface area contributed by atoms with Gasteiger partial charge in [0.25, 0.3) is 0 Å². The van der Waals surface area contributed by atoms with E-state index >= 15 is 0 Å². The van der Waals surface area contributed by atoms with E-state index in [2.05, 4.69) is 11.9 Å². The van der Waals surface area contributed by atoms with Gasteiger partial charge in [-0.2, -0.15) is 0 Å². The number of aliphatic carboxylic acids is 1. The maximum absolute atomic E-state index is 11.8. The third kappa shape index (κ3) is 3.36. The van der Waals surface area contributed by atoms with E-state index in [1.807, 2.05) is 0 Å². The molecule has 1 heterocycles. The number of nitrogens with one attached hydrogen (secondary N) is 1. The number of hydrogen-bond donors (Lipinski definition) is 2. The number of nitrogens with zero attached hydrogens (tertiary/aromatic N) is 1. The van der Waals surface area contributed by atoms with Crippen LogP contribution >= 0.6 is 0 Å². The normalized spacial score (nSPS) is 19.9. The van der Waals surface area contributed by atoms with Crippen LogP contribution in [0.1, 0.15) is 6.42 Å².